The predicted molar refractivity (Wildman–Crippen MR) is 105 cm³/mol. The summed E-state index contributed by atoms with van der Waals surface area (Å²) in [6, 6.07) is 11.4. The third-order valence-electron chi connectivity index (χ3n) is 3.77. The first-order valence-corrected chi connectivity index (χ1v) is 10.2. The quantitative estimate of drug-likeness (QED) is 0.478. The smallest absolute Gasteiger partial charge is 0.326 e. The maximum Gasteiger partial charge on any atom is 0.326 e. The first-order valence-electron chi connectivity index (χ1n) is 8.20. The van der Waals surface area contributed by atoms with E-state index in [-0.39, 0.29) is 13.2 Å². The molecule has 0 saturated carbocycles. The van der Waals surface area contributed by atoms with Crippen LogP contribution in [0.2, 0.25) is 0 Å². The molecule has 0 atom stereocenters. The summed E-state index contributed by atoms with van der Waals surface area (Å²) in [4.78, 5) is 30.1. The average Bonchev–Trinajstić information content (AvgIpc) is 2.97. The minimum atomic E-state index is -0.445. The molecule has 0 unspecified atom stereocenters. The number of halogens is 1. The number of amides is 1. The summed E-state index contributed by atoms with van der Waals surface area (Å²) in [5.41, 5.74) is 1.11. The van der Waals surface area contributed by atoms with Crippen molar-refractivity contribution in [1.29, 1.82) is 0 Å². The van der Waals surface area contributed by atoms with Gasteiger partial charge in [-0.05, 0) is 43.5 Å². The van der Waals surface area contributed by atoms with Crippen LogP contribution in [0.5, 0.6) is 0 Å². The van der Waals surface area contributed by atoms with Crippen LogP contribution in [0.25, 0.3) is 10.2 Å². The Hall–Kier alpha value is -2.45. The van der Waals surface area contributed by atoms with Crippen molar-refractivity contribution >= 4 is 45.2 Å². The maximum atomic E-state index is 13.6. The molecular formula is C19H17FN2O3S2. The summed E-state index contributed by atoms with van der Waals surface area (Å²) in [6.45, 7) is 1.87. The molecule has 1 amide bonds. The van der Waals surface area contributed by atoms with Gasteiger partial charge in [-0.1, -0.05) is 23.5 Å². The highest BCUT2D eigenvalue weighted by Gasteiger charge is 2.14. The number of esters is 1. The summed E-state index contributed by atoms with van der Waals surface area (Å²) >= 11 is 2.61. The van der Waals surface area contributed by atoms with Crippen molar-refractivity contribution < 1.29 is 18.7 Å². The van der Waals surface area contributed by atoms with Gasteiger partial charge in [-0.2, -0.15) is 4.99 Å². The van der Waals surface area contributed by atoms with Gasteiger partial charge in [0.25, 0.3) is 5.91 Å². The molecule has 3 rings (SSSR count). The van der Waals surface area contributed by atoms with Crippen LogP contribution in [-0.2, 0) is 16.1 Å². The topological polar surface area (TPSA) is 60.7 Å². The molecule has 27 heavy (non-hydrogen) atoms. The molecule has 1 aromatic heterocycles. The number of thioether (sulfide) groups is 1. The number of hydrogen-bond donors (Lipinski definition) is 0. The number of thiazole rings is 1. The van der Waals surface area contributed by atoms with E-state index >= 15 is 0 Å². The minimum Gasteiger partial charge on any atom is -0.465 e. The third kappa shape index (κ3) is 4.28. The molecular weight excluding hydrogens is 387 g/mol. The summed E-state index contributed by atoms with van der Waals surface area (Å²) in [7, 11) is 0. The molecule has 5 nitrogen and oxygen atoms in total. The lowest BCUT2D eigenvalue weighted by atomic mass is 10.2. The number of aromatic nitrogens is 1. The van der Waals surface area contributed by atoms with E-state index in [4.69, 9.17) is 4.74 Å². The molecule has 0 aliphatic heterocycles. The van der Waals surface area contributed by atoms with Crippen LogP contribution in [0.4, 0.5) is 4.39 Å². The van der Waals surface area contributed by atoms with Crippen molar-refractivity contribution in [1.82, 2.24) is 4.57 Å². The molecule has 0 bridgehead atoms. The van der Waals surface area contributed by atoms with Gasteiger partial charge >= 0.3 is 5.97 Å². The van der Waals surface area contributed by atoms with Crippen LogP contribution in [0.15, 0.2) is 52.4 Å². The number of carbonyl (C=O) groups is 2. The van der Waals surface area contributed by atoms with Crippen LogP contribution >= 0.6 is 23.1 Å². The van der Waals surface area contributed by atoms with E-state index in [2.05, 4.69) is 4.99 Å². The van der Waals surface area contributed by atoms with Crippen LogP contribution in [0, 0.1) is 5.82 Å². The van der Waals surface area contributed by atoms with Gasteiger partial charge in [-0.25, -0.2) is 4.39 Å². The number of fused-ring (bicyclic) bond motifs is 1. The van der Waals surface area contributed by atoms with Crippen molar-refractivity contribution in [2.75, 3.05) is 12.9 Å². The fourth-order valence-corrected chi connectivity index (χ4v) is 4.23. The zero-order valence-electron chi connectivity index (χ0n) is 14.8. The highest BCUT2D eigenvalue weighted by molar-refractivity contribution is 7.98. The lowest BCUT2D eigenvalue weighted by Crippen LogP contribution is -2.23. The highest BCUT2D eigenvalue weighted by atomic mass is 32.2. The van der Waals surface area contributed by atoms with Crippen LogP contribution in [0.1, 0.15) is 17.3 Å². The highest BCUT2D eigenvalue weighted by Crippen LogP contribution is 2.22. The number of hydrogen-bond acceptors (Lipinski definition) is 5. The first-order chi connectivity index (χ1) is 13.0. The molecule has 0 aliphatic carbocycles. The van der Waals surface area contributed by atoms with E-state index < -0.39 is 17.7 Å². The molecule has 0 saturated heterocycles. The van der Waals surface area contributed by atoms with Crippen molar-refractivity contribution in [3.63, 3.8) is 0 Å². The fourth-order valence-electron chi connectivity index (χ4n) is 2.59. The Bertz CT molecular complexity index is 1070. The average molecular weight is 404 g/mol. The number of rotatable bonds is 5. The molecule has 1 heterocycles. The second kappa shape index (κ2) is 8.49. The van der Waals surface area contributed by atoms with E-state index in [1.54, 1.807) is 29.7 Å². The summed E-state index contributed by atoms with van der Waals surface area (Å²) < 4.78 is 20.8. The van der Waals surface area contributed by atoms with Gasteiger partial charge in [0.05, 0.1) is 22.4 Å². The zero-order chi connectivity index (χ0) is 19.4. The lowest BCUT2D eigenvalue weighted by Gasteiger charge is -2.05. The van der Waals surface area contributed by atoms with Crippen LogP contribution in [-0.4, -0.2) is 29.3 Å². The molecule has 0 fully saturated rings. The Morgan fingerprint density at radius 3 is 2.78 bits per heavy atom. The molecule has 0 N–H and O–H groups in total. The molecule has 2 aromatic carbocycles. The Kier molecular flexibility index (Phi) is 6.08. The SMILES string of the molecule is CCOC(=O)Cn1c(=NC(=O)c2ccccc2SC)sc2cc(F)ccc21. The van der Waals surface area contributed by atoms with Gasteiger partial charge < -0.3 is 9.30 Å². The van der Waals surface area contributed by atoms with E-state index in [0.717, 1.165) is 16.2 Å². The normalized spacial score (nSPS) is 11.7. The largest absolute Gasteiger partial charge is 0.465 e. The second-order valence-corrected chi connectivity index (χ2v) is 7.36. The van der Waals surface area contributed by atoms with Crippen LogP contribution < -0.4 is 4.80 Å². The van der Waals surface area contributed by atoms with Crippen molar-refractivity contribution in [2.45, 2.75) is 18.4 Å². The molecule has 0 spiro atoms. The van der Waals surface area contributed by atoms with Crippen molar-refractivity contribution in [3.8, 4) is 0 Å². The number of ether oxygens (including phenoxy) is 1. The lowest BCUT2D eigenvalue weighted by molar-refractivity contribution is -0.143. The maximum absolute atomic E-state index is 13.6. The van der Waals surface area contributed by atoms with Gasteiger partial charge in [-0.15, -0.1) is 11.8 Å². The first kappa shape index (κ1) is 19.3. The zero-order valence-corrected chi connectivity index (χ0v) is 16.4. The van der Waals surface area contributed by atoms with E-state index in [1.807, 2.05) is 18.4 Å². The van der Waals surface area contributed by atoms with Gasteiger partial charge in [0, 0.05) is 4.90 Å². The number of nitrogens with zero attached hydrogens (tertiary/aromatic N) is 2. The fraction of sp³-hybridized carbons (Fsp3) is 0.211. The standard InChI is InChI=1S/C19H17FN2O3S2/c1-3-25-17(23)11-22-14-9-8-12(20)10-16(14)27-19(22)21-18(24)13-6-4-5-7-15(13)26-2/h4-10H,3,11H2,1-2H3. The van der Waals surface area contributed by atoms with Crippen molar-refractivity contribution in [3.05, 3.63) is 58.6 Å². The Morgan fingerprint density at radius 1 is 1.26 bits per heavy atom. The Labute approximate surface area is 163 Å². The molecule has 0 radical (unpaired) electrons. The summed E-state index contributed by atoms with van der Waals surface area (Å²) in [5, 5.41) is 0. The van der Waals surface area contributed by atoms with E-state index in [0.29, 0.717) is 20.6 Å². The monoisotopic (exact) mass is 404 g/mol. The number of benzene rings is 2. The Balaban J connectivity index is 2.13. The molecule has 3 aromatic rings. The molecule has 8 heteroatoms. The minimum absolute atomic E-state index is 0.101. The van der Waals surface area contributed by atoms with Crippen molar-refractivity contribution in [2.24, 2.45) is 4.99 Å². The predicted octanol–water partition coefficient (Wildman–Crippen LogP) is 3.87. The van der Waals surface area contributed by atoms with Gasteiger partial charge in [0.2, 0.25) is 0 Å². The van der Waals surface area contributed by atoms with Gasteiger partial charge in [-0.3, -0.25) is 9.59 Å². The van der Waals surface area contributed by atoms with E-state index in [9.17, 15) is 14.0 Å². The van der Waals surface area contributed by atoms with Crippen LogP contribution in [0.3, 0.4) is 0 Å². The molecule has 0 aliphatic rings. The van der Waals surface area contributed by atoms with Gasteiger partial charge in [0.15, 0.2) is 4.80 Å². The number of carbonyl (C=O) groups excluding carboxylic acids is 2. The third-order valence-corrected chi connectivity index (χ3v) is 5.61. The summed E-state index contributed by atoms with van der Waals surface area (Å²) in [5.74, 6) is -1.25. The van der Waals surface area contributed by atoms with Gasteiger partial charge in [0.1, 0.15) is 12.4 Å². The molecule has 140 valence electrons. The Morgan fingerprint density at radius 2 is 2.04 bits per heavy atom. The van der Waals surface area contributed by atoms with E-state index in [1.165, 1.54) is 23.9 Å². The second-order valence-electron chi connectivity index (χ2n) is 5.51. The summed E-state index contributed by atoms with van der Waals surface area (Å²) in [6.07, 6.45) is 1.88.